The number of carbonyl (C=O) groups is 1. The summed E-state index contributed by atoms with van der Waals surface area (Å²) in [6.45, 7) is 0.368. The number of nitrogens with one attached hydrogen (secondary N) is 3. The number of fused-ring (bicyclic) bond motifs is 1. The lowest BCUT2D eigenvalue weighted by molar-refractivity contribution is 0.103. The molecule has 28 heavy (non-hydrogen) atoms. The number of ether oxygens (including phenoxy) is 1. The molecule has 4 rings (SSSR count). The Morgan fingerprint density at radius 2 is 2.36 bits per heavy atom. The minimum atomic E-state index is -1.56. The van der Waals surface area contributed by atoms with Gasteiger partial charge in [-0.25, -0.2) is 4.98 Å². The van der Waals surface area contributed by atoms with Crippen molar-refractivity contribution < 1.29 is 14.1 Å². The van der Waals surface area contributed by atoms with Gasteiger partial charge >= 0.3 is 0 Å². The molecule has 2 aliphatic rings. The number of nitrogens with zero attached hydrogens (tertiary/aromatic N) is 2. The normalized spacial score (nSPS) is 26.7. The summed E-state index contributed by atoms with van der Waals surface area (Å²) < 4.78 is 19.7. The van der Waals surface area contributed by atoms with Crippen molar-refractivity contribution in [1.29, 1.82) is 5.41 Å². The van der Waals surface area contributed by atoms with Crippen LogP contribution in [0.1, 0.15) is 21.0 Å². The minimum absolute atomic E-state index is 0.0127. The summed E-state index contributed by atoms with van der Waals surface area (Å²) in [4.78, 5) is 17.7. The molecule has 2 aliphatic heterocycles. The van der Waals surface area contributed by atoms with Gasteiger partial charge in [0, 0.05) is 6.42 Å². The SMILES string of the molecule is CN1C(=N)NC2(c3sc(C(=O)Nc4cccc(Cl)n4)cc3Cl)CCOC2[S+]1[O-]. The first-order valence-corrected chi connectivity index (χ1v) is 10.9. The minimum Gasteiger partial charge on any atom is -0.591 e. The summed E-state index contributed by atoms with van der Waals surface area (Å²) in [6, 6.07) is 6.47. The number of thiophene rings is 1. The zero-order valence-corrected chi connectivity index (χ0v) is 17.6. The molecule has 3 N–H and O–H groups in total. The summed E-state index contributed by atoms with van der Waals surface area (Å²) in [5, 5.41) is 14.5. The quantitative estimate of drug-likeness (QED) is 0.480. The molecule has 4 heterocycles. The summed E-state index contributed by atoms with van der Waals surface area (Å²) in [7, 11) is 1.56. The Labute approximate surface area is 178 Å². The van der Waals surface area contributed by atoms with Gasteiger partial charge in [0.2, 0.25) is 5.96 Å². The largest absolute Gasteiger partial charge is 0.591 e. The molecule has 2 aromatic rings. The molecule has 0 spiro atoms. The highest BCUT2D eigenvalue weighted by atomic mass is 35.5. The number of pyridine rings is 1. The maximum absolute atomic E-state index is 12.7. The van der Waals surface area contributed by atoms with Gasteiger partial charge in [0.15, 0.2) is 5.54 Å². The molecule has 0 aliphatic carbocycles. The molecule has 0 saturated carbocycles. The number of amides is 1. The van der Waals surface area contributed by atoms with Gasteiger partial charge in [-0.2, -0.15) is 4.31 Å². The van der Waals surface area contributed by atoms with E-state index in [1.54, 1.807) is 31.3 Å². The monoisotopic (exact) mass is 459 g/mol. The van der Waals surface area contributed by atoms with E-state index in [1.165, 1.54) is 15.6 Å². The fraction of sp³-hybridized carbons (Fsp3) is 0.312. The lowest BCUT2D eigenvalue weighted by atomic mass is 9.96. The number of hydrogen-bond donors (Lipinski definition) is 3. The van der Waals surface area contributed by atoms with Crippen LogP contribution in [0, 0.1) is 5.41 Å². The van der Waals surface area contributed by atoms with E-state index >= 15 is 0 Å². The molecule has 2 fully saturated rings. The average Bonchev–Trinajstić information content (AvgIpc) is 3.24. The fourth-order valence-corrected chi connectivity index (χ4v) is 6.38. The lowest BCUT2D eigenvalue weighted by Gasteiger charge is -2.42. The molecule has 2 aromatic heterocycles. The van der Waals surface area contributed by atoms with Crippen LogP contribution in [-0.4, -0.2) is 44.8 Å². The van der Waals surface area contributed by atoms with Gasteiger partial charge in [0.1, 0.15) is 22.3 Å². The lowest BCUT2D eigenvalue weighted by Crippen LogP contribution is -2.65. The van der Waals surface area contributed by atoms with Crippen molar-refractivity contribution in [2.45, 2.75) is 17.4 Å². The van der Waals surface area contributed by atoms with E-state index in [0.717, 1.165) is 0 Å². The predicted octanol–water partition coefficient (Wildman–Crippen LogP) is 2.78. The highest BCUT2D eigenvalue weighted by Crippen LogP contribution is 2.47. The third-order valence-electron chi connectivity index (χ3n) is 4.55. The summed E-state index contributed by atoms with van der Waals surface area (Å²) in [5.41, 5.74) is -1.61. The first-order valence-electron chi connectivity index (χ1n) is 8.18. The first kappa shape index (κ1) is 19.7. The molecule has 3 atom stereocenters. The zero-order valence-electron chi connectivity index (χ0n) is 14.5. The van der Waals surface area contributed by atoms with Crippen LogP contribution in [0.4, 0.5) is 5.82 Å². The van der Waals surface area contributed by atoms with Gasteiger partial charge < -0.3 is 19.9 Å². The van der Waals surface area contributed by atoms with Crippen LogP contribution in [0.2, 0.25) is 10.2 Å². The van der Waals surface area contributed by atoms with Crippen molar-refractivity contribution in [3.8, 4) is 0 Å². The number of anilines is 1. The van der Waals surface area contributed by atoms with Crippen LogP contribution in [0.3, 0.4) is 0 Å². The van der Waals surface area contributed by atoms with E-state index in [0.29, 0.717) is 33.6 Å². The highest BCUT2D eigenvalue weighted by molar-refractivity contribution is 7.90. The number of hydrogen-bond acceptors (Lipinski definition) is 6. The molecule has 0 radical (unpaired) electrons. The molecule has 0 bridgehead atoms. The Balaban J connectivity index is 1.65. The Hall–Kier alpha value is -1.56. The third kappa shape index (κ3) is 3.23. The smallest absolute Gasteiger partial charge is 0.269 e. The Bertz CT molecular complexity index is 958. The van der Waals surface area contributed by atoms with Crippen molar-refractivity contribution in [2.75, 3.05) is 19.0 Å². The van der Waals surface area contributed by atoms with Crippen LogP contribution in [0.5, 0.6) is 0 Å². The van der Waals surface area contributed by atoms with Crippen molar-refractivity contribution in [1.82, 2.24) is 14.6 Å². The molecule has 12 heteroatoms. The van der Waals surface area contributed by atoms with Gasteiger partial charge in [-0.1, -0.05) is 29.3 Å². The standard InChI is InChI=1S/C16H15Cl2N5O3S2/c1-23-15(19)22-16(5-6-26-14(16)28(23)25)12-8(17)7-9(27-12)13(24)21-11-4-2-3-10(18)20-11/h2-4,7,14H,5-6H2,1H3,(H2,19,22)(H,20,21,24). The van der Waals surface area contributed by atoms with Crippen molar-refractivity contribution in [3.63, 3.8) is 0 Å². The van der Waals surface area contributed by atoms with Crippen LogP contribution in [-0.2, 0) is 21.6 Å². The second-order valence-corrected chi connectivity index (χ2v) is 9.63. The Morgan fingerprint density at radius 1 is 1.57 bits per heavy atom. The van der Waals surface area contributed by atoms with E-state index in [4.69, 9.17) is 33.3 Å². The van der Waals surface area contributed by atoms with E-state index in [9.17, 15) is 9.35 Å². The third-order valence-corrected chi connectivity index (χ3v) is 8.11. The van der Waals surface area contributed by atoms with Crippen LogP contribution >= 0.6 is 34.5 Å². The van der Waals surface area contributed by atoms with Crippen LogP contribution < -0.4 is 10.6 Å². The second kappa shape index (κ2) is 7.36. The summed E-state index contributed by atoms with van der Waals surface area (Å²) in [5.74, 6) is -0.0494. The van der Waals surface area contributed by atoms with Gasteiger partial charge in [-0.05, 0) is 18.2 Å². The van der Waals surface area contributed by atoms with E-state index in [-0.39, 0.29) is 17.0 Å². The van der Waals surface area contributed by atoms with Gasteiger partial charge in [-0.15, -0.1) is 11.3 Å². The van der Waals surface area contributed by atoms with Gasteiger partial charge in [0.25, 0.3) is 11.3 Å². The second-order valence-electron chi connectivity index (χ2n) is 6.26. The molecule has 0 aromatic carbocycles. The van der Waals surface area contributed by atoms with Crippen molar-refractivity contribution in [3.05, 3.63) is 44.2 Å². The zero-order chi connectivity index (χ0) is 20.1. The maximum Gasteiger partial charge on any atom is 0.269 e. The van der Waals surface area contributed by atoms with Gasteiger partial charge in [-0.3, -0.25) is 10.2 Å². The number of carbonyl (C=O) groups excluding carboxylic acids is 1. The van der Waals surface area contributed by atoms with Crippen LogP contribution in [0.15, 0.2) is 24.3 Å². The predicted molar refractivity (Wildman–Crippen MR) is 109 cm³/mol. The fourth-order valence-electron chi connectivity index (χ4n) is 3.18. The molecule has 148 valence electrons. The molecular weight excluding hydrogens is 445 g/mol. The van der Waals surface area contributed by atoms with E-state index < -0.39 is 22.3 Å². The summed E-state index contributed by atoms with van der Waals surface area (Å²) in [6.07, 6.45) is 0.483. The maximum atomic E-state index is 12.7. The average molecular weight is 460 g/mol. The topological polar surface area (TPSA) is 113 Å². The molecule has 8 nitrogen and oxygen atoms in total. The molecule has 2 saturated heterocycles. The van der Waals surface area contributed by atoms with E-state index in [1.807, 2.05) is 0 Å². The number of guanidine groups is 1. The highest BCUT2D eigenvalue weighted by Gasteiger charge is 2.60. The summed E-state index contributed by atoms with van der Waals surface area (Å²) >= 11 is 11.9. The van der Waals surface area contributed by atoms with Crippen LogP contribution in [0.25, 0.3) is 0 Å². The van der Waals surface area contributed by atoms with Gasteiger partial charge in [0.05, 0.1) is 28.4 Å². The first-order chi connectivity index (χ1) is 13.3. The number of aromatic nitrogens is 1. The molecule has 1 amide bonds. The Morgan fingerprint density at radius 3 is 3.11 bits per heavy atom. The molecule has 3 unspecified atom stereocenters. The Kier molecular flexibility index (Phi) is 5.19. The van der Waals surface area contributed by atoms with Crippen molar-refractivity contribution in [2.24, 2.45) is 0 Å². The number of halogens is 2. The van der Waals surface area contributed by atoms with Crippen molar-refractivity contribution >= 4 is 63.6 Å². The number of rotatable bonds is 3. The molecular formula is C16H15Cl2N5O3S2. The van der Waals surface area contributed by atoms with E-state index in [2.05, 4.69) is 15.6 Å².